The maximum absolute atomic E-state index is 13.8. The molecule has 0 saturated carbocycles. The fraction of sp³-hybridized carbons (Fsp3) is 0.273. The Morgan fingerprint density at radius 3 is 2.67 bits per heavy atom. The summed E-state index contributed by atoms with van der Waals surface area (Å²) in [6.45, 7) is 1.88. The third-order valence-electron chi connectivity index (χ3n) is 4.74. The van der Waals surface area contributed by atoms with E-state index in [9.17, 15) is 14.0 Å². The Labute approximate surface area is 157 Å². The lowest BCUT2D eigenvalue weighted by molar-refractivity contribution is -0.151. The van der Waals surface area contributed by atoms with Gasteiger partial charge in [-0.3, -0.25) is 9.59 Å². The molecular formula is C22H21FO4. The Bertz CT molecular complexity index is 887. The smallest absolute Gasteiger partial charge is 0.317 e. The highest BCUT2D eigenvalue weighted by molar-refractivity contribution is 6.11. The molecule has 140 valence electrons. The quantitative estimate of drug-likeness (QED) is 0.588. The molecule has 0 spiro atoms. The number of carbonyl (C=O) groups excluding carboxylic acids is 2. The molecule has 0 unspecified atom stereocenters. The predicted octanol–water partition coefficient (Wildman–Crippen LogP) is 4.15. The molecule has 4 nitrogen and oxygen atoms in total. The van der Waals surface area contributed by atoms with Crippen LogP contribution in [0.4, 0.5) is 4.39 Å². The number of allylic oxidation sites excluding steroid dienone is 2. The van der Waals surface area contributed by atoms with E-state index < -0.39 is 23.6 Å². The lowest BCUT2D eigenvalue weighted by Crippen LogP contribution is -2.34. The first-order valence-electron chi connectivity index (χ1n) is 8.85. The molecule has 3 rings (SSSR count). The second kappa shape index (κ2) is 8.16. The monoisotopic (exact) mass is 368 g/mol. The van der Waals surface area contributed by atoms with Gasteiger partial charge in [0.1, 0.15) is 17.5 Å². The van der Waals surface area contributed by atoms with Gasteiger partial charge < -0.3 is 9.47 Å². The van der Waals surface area contributed by atoms with Crippen LogP contribution in [-0.4, -0.2) is 25.5 Å². The number of benzene rings is 2. The van der Waals surface area contributed by atoms with E-state index in [1.54, 1.807) is 26.2 Å². The van der Waals surface area contributed by atoms with E-state index in [1.165, 1.54) is 18.2 Å². The van der Waals surface area contributed by atoms with Crippen molar-refractivity contribution in [3.63, 3.8) is 0 Å². The maximum Gasteiger partial charge on any atom is 0.317 e. The molecule has 27 heavy (non-hydrogen) atoms. The molecule has 2 aromatic rings. The van der Waals surface area contributed by atoms with E-state index in [4.69, 9.17) is 9.47 Å². The minimum Gasteiger partial charge on any atom is -0.496 e. The van der Waals surface area contributed by atoms with Gasteiger partial charge in [0.2, 0.25) is 0 Å². The number of rotatable bonds is 5. The molecule has 0 fully saturated rings. The van der Waals surface area contributed by atoms with Crippen LogP contribution in [0, 0.1) is 11.7 Å². The second-order valence-electron chi connectivity index (χ2n) is 6.37. The average molecular weight is 368 g/mol. The lowest BCUT2D eigenvalue weighted by atomic mass is 9.73. The summed E-state index contributed by atoms with van der Waals surface area (Å²) < 4.78 is 24.3. The van der Waals surface area contributed by atoms with Gasteiger partial charge in [0.15, 0.2) is 5.78 Å². The Balaban J connectivity index is 2.07. The van der Waals surface area contributed by atoms with Gasteiger partial charge in [-0.25, -0.2) is 4.39 Å². The van der Waals surface area contributed by atoms with Crippen molar-refractivity contribution in [2.45, 2.75) is 19.3 Å². The summed E-state index contributed by atoms with van der Waals surface area (Å²) in [5.74, 6) is -2.16. The minimum atomic E-state index is -0.981. The molecule has 0 aromatic heterocycles. The van der Waals surface area contributed by atoms with Crippen LogP contribution in [0.25, 0.3) is 5.57 Å². The van der Waals surface area contributed by atoms with Gasteiger partial charge in [0, 0.05) is 11.5 Å². The van der Waals surface area contributed by atoms with Crippen LogP contribution in [0.5, 0.6) is 5.75 Å². The van der Waals surface area contributed by atoms with Gasteiger partial charge in [-0.1, -0.05) is 30.3 Å². The molecule has 0 saturated heterocycles. The molecular weight excluding hydrogens is 347 g/mol. The Morgan fingerprint density at radius 1 is 1.19 bits per heavy atom. The molecule has 0 amide bonds. The van der Waals surface area contributed by atoms with Gasteiger partial charge in [0.05, 0.1) is 13.7 Å². The van der Waals surface area contributed by atoms with Crippen molar-refractivity contribution in [2.24, 2.45) is 5.92 Å². The summed E-state index contributed by atoms with van der Waals surface area (Å²) >= 11 is 0. The molecule has 2 atom stereocenters. The van der Waals surface area contributed by atoms with Gasteiger partial charge in [-0.2, -0.15) is 0 Å². The minimum absolute atomic E-state index is 0.182. The first-order valence-corrected chi connectivity index (χ1v) is 8.85. The van der Waals surface area contributed by atoms with Gasteiger partial charge >= 0.3 is 5.97 Å². The summed E-state index contributed by atoms with van der Waals surface area (Å²) in [5, 5.41) is 0. The summed E-state index contributed by atoms with van der Waals surface area (Å²) in [5.41, 5.74) is 2.14. The average Bonchev–Trinajstić information content (AvgIpc) is 2.67. The highest BCUT2D eigenvalue weighted by Crippen LogP contribution is 2.42. The summed E-state index contributed by atoms with van der Waals surface area (Å²) in [7, 11) is 1.56. The molecule has 2 aromatic carbocycles. The SMILES string of the molecule is CCOC(=O)[C@H]1C(=O)C=C(c2ccccc2OC)C[C@H]1c1cccc(F)c1. The number of ether oxygens (including phenoxy) is 2. The standard InChI is InChI=1S/C22H21FO4/c1-3-27-22(25)21-18(14-7-6-8-16(23)11-14)12-15(13-19(21)24)17-9-4-5-10-20(17)26-2/h4-11,13,18,21H,3,12H2,1-2H3/t18-,21+/m0/s1. The first-order chi connectivity index (χ1) is 13.0. The zero-order valence-corrected chi connectivity index (χ0v) is 15.3. The summed E-state index contributed by atoms with van der Waals surface area (Å²) in [6, 6.07) is 13.4. The third kappa shape index (κ3) is 3.92. The number of esters is 1. The first kappa shape index (κ1) is 18.8. The zero-order chi connectivity index (χ0) is 19.4. The number of halogens is 1. The van der Waals surface area contributed by atoms with Crippen molar-refractivity contribution in [1.29, 1.82) is 0 Å². The van der Waals surface area contributed by atoms with E-state index in [-0.39, 0.29) is 12.4 Å². The van der Waals surface area contributed by atoms with Crippen LogP contribution in [0.15, 0.2) is 54.6 Å². The van der Waals surface area contributed by atoms with Gasteiger partial charge in [-0.15, -0.1) is 0 Å². The van der Waals surface area contributed by atoms with Gasteiger partial charge in [-0.05, 0) is 48.8 Å². The Morgan fingerprint density at radius 2 is 1.96 bits per heavy atom. The van der Waals surface area contributed by atoms with E-state index in [0.29, 0.717) is 17.7 Å². The summed E-state index contributed by atoms with van der Waals surface area (Å²) in [6.07, 6.45) is 1.88. The maximum atomic E-state index is 13.8. The van der Waals surface area contributed by atoms with Crippen molar-refractivity contribution < 1.29 is 23.5 Å². The molecule has 5 heteroatoms. The number of hydrogen-bond donors (Lipinski definition) is 0. The molecule has 0 heterocycles. The van der Waals surface area contributed by atoms with Gasteiger partial charge in [0.25, 0.3) is 0 Å². The number of methoxy groups -OCH3 is 1. The van der Waals surface area contributed by atoms with E-state index >= 15 is 0 Å². The topological polar surface area (TPSA) is 52.6 Å². The lowest BCUT2D eigenvalue weighted by Gasteiger charge is -2.30. The number of carbonyl (C=O) groups is 2. The molecule has 0 N–H and O–H groups in total. The zero-order valence-electron chi connectivity index (χ0n) is 15.3. The van der Waals surface area contributed by atoms with Crippen LogP contribution in [0.1, 0.15) is 30.4 Å². The molecule has 0 radical (unpaired) electrons. The van der Waals surface area contributed by atoms with Crippen molar-refractivity contribution in [3.05, 3.63) is 71.6 Å². The highest BCUT2D eigenvalue weighted by Gasteiger charge is 2.40. The number of hydrogen-bond acceptors (Lipinski definition) is 4. The molecule has 0 bridgehead atoms. The van der Waals surface area contributed by atoms with Crippen LogP contribution in [0.2, 0.25) is 0 Å². The highest BCUT2D eigenvalue weighted by atomic mass is 19.1. The summed E-state index contributed by atoms with van der Waals surface area (Å²) in [4.78, 5) is 25.3. The van der Waals surface area contributed by atoms with E-state index in [1.807, 2.05) is 24.3 Å². The molecule has 1 aliphatic carbocycles. The van der Waals surface area contributed by atoms with Crippen LogP contribution in [0.3, 0.4) is 0 Å². The fourth-order valence-corrected chi connectivity index (χ4v) is 3.53. The second-order valence-corrected chi connectivity index (χ2v) is 6.37. The van der Waals surface area contributed by atoms with Crippen molar-refractivity contribution in [2.75, 3.05) is 13.7 Å². The van der Waals surface area contributed by atoms with Crippen molar-refractivity contribution in [3.8, 4) is 5.75 Å². The third-order valence-corrected chi connectivity index (χ3v) is 4.74. The Kier molecular flexibility index (Phi) is 5.69. The van der Waals surface area contributed by atoms with E-state index in [0.717, 1.165) is 11.1 Å². The molecule has 0 aliphatic heterocycles. The van der Waals surface area contributed by atoms with Crippen LogP contribution < -0.4 is 4.74 Å². The van der Waals surface area contributed by atoms with Crippen LogP contribution >= 0.6 is 0 Å². The predicted molar refractivity (Wildman–Crippen MR) is 99.9 cm³/mol. The number of ketones is 1. The van der Waals surface area contributed by atoms with E-state index in [2.05, 4.69) is 0 Å². The Hall–Kier alpha value is -2.95. The normalized spacial score (nSPS) is 19.4. The molecule has 1 aliphatic rings. The van der Waals surface area contributed by atoms with Crippen molar-refractivity contribution in [1.82, 2.24) is 0 Å². The number of para-hydroxylation sites is 1. The van der Waals surface area contributed by atoms with Crippen molar-refractivity contribution >= 4 is 17.3 Å². The largest absolute Gasteiger partial charge is 0.496 e. The van der Waals surface area contributed by atoms with Crippen LogP contribution in [-0.2, 0) is 14.3 Å². The fourth-order valence-electron chi connectivity index (χ4n) is 3.53.